The highest BCUT2D eigenvalue weighted by atomic mass is 32.1. The number of hydrogen-bond donors (Lipinski definition) is 1. The second-order valence-electron chi connectivity index (χ2n) is 4.54. The number of rotatable bonds is 4. The molecule has 18 heavy (non-hydrogen) atoms. The molecule has 4 heteroatoms. The van der Waals surface area contributed by atoms with Crippen LogP contribution in [0.2, 0.25) is 0 Å². The molecule has 0 aliphatic rings. The molecule has 96 valence electrons. The molecule has 0 bridgehead atoms. The van der Waals surface area contributed by atoms with Crippen LogP contribution < -0.4 is 10.5 Å². The largest absolute Gasteiger partial charge is 0.497 e. The van der Waals surface area contributed by atoms with Gasteiger partial charge in [-0.05, 0) is 37.6 Å². The molecule has 2 rings (SSSR count). The van der Waals surface area contributed by atoms with Gasteiger partial charge in [-0.2, -0.15) is 0 Å². The van der Waals surface area contributed by atoms with Crippen LogP contribution in [-0.4, -0.2) is 12.1 Å². The zero-order valence-corrected chi connectivity index (χ0v) is 11.8. The number of hydrogen-bond acceptors (Lipinski definition) is 4. The van der Waals surface area contributed by atoms with Crippen LogP contribution in [0.1, 0.15) is 25.3 Å². The van der Waals surface area contributed by atoms with E-state index in [1.54, 1.807) is 18.4 Å². The molecule has 0 fully saturated rings. The third kappa shape index (κ3) is 2.54. The number of nitrogens with two attached hydrogens (primary N) is 1. The molecule has 0 amide bonds. The molecule has 0 aliphatic heterocycles. The molecule has 2 aromatic rings. The molecule has 0 spiro atoms. The van der Waals surface area contributed by atoms with E-state index in [4.69, 9.17) is 10.5 Å². The van der Waals surface area contributed by atoms with Gasteiger partial charge in [0.05, 0.1) is 18.3 Å². The molecule has 0 radical (unpaired) electrons. The Balaban J connectivity index is 2.29. The van der Waals surface area contributed by atoms with Crippen molar-refractivity contribution in [3.63, 3.8) is 0 Å². The van der Waals surface area contributed by atoms with Gasteiger partial charge in [-0.15, -0.1) is 11.3 Å². The fourth-order valence-corrected chi connectivity index (χ4v) is 2.56. The molecule has 0 aliphatic carbocycles. The highest BCUT2D eigenvalue weighted by molar-refractivity contribution is 7.10. The van der Waals surface area contributed by atoms with E-state index in [0.717, 1.165) is 28.4 Å². The minimum absolute atomic E-state index is 0.338. The van der Waals surface area contributed by atoms with Gasteiger partial charge in [-0.1, -0.05) is 6.92 Å². The zero-order valence-electron chi connectivity index (χ0n) is 10.9. The van der Waals surface area contributed by atoms with E-state index < -0.39 is 0 Å². The molecule has 1 aromatic carbocycles. The van der Waals surface area contributed by atoms with Crippen LogP contribution in [0.15, 0.2) is 29.6 Å². The number of aromatic nitrogens is 1. The summed E-state index contributed by atoms with van der Waals surface area (Å²) in [7, 11) is 1.66. The Kier molecular flexibility index (Phi) is 3.68. The molecule has 1 aromatic heterocycles. The smallest absolute Gasteiger partial charge is 0.118 e. The molecule has 1 atom stereocenters. The Morgan fingerprint density at radius 1 is 1.33 bits per heavy atom. The minimum Gasteiger partial charge on any atom is -0.497 e. The third-order valence-corrected chi connectivity index (χ3v) is 4.23. The SMILES string of the molecule is CCC(C)(N)c1nc(-c2ccc(OC)cc2)cs1. The Morgan fingerprint density at radius 3 is 2.56 bits per heavy atom. The summed E-state index contributed by atoms with van der Waals surface area (Å²) in [6, 6.07) is 7.90. The van der Waals surface area contributed by atoms with Crippen molar-refractivity contribution >= 4 is 11.3 Å². The number of benzene rings is 1. The van der Waals surface area contributed by atoms with Crippen LogP contribution in [0, 0.1) is 0 Å². The number of thiazole rings is 1. The van der Waals surface area contributed by atoms with Crippen molar-refractivity contribution < 1.29 is 4.74 Å². The van der Waals surface area contributed by atoms with E-state index in [-0.39, 0.29) is 5.54 Å². The number of ether oxygens (including phenoxy) is 1. The maximum Gasteiger partial charge on any atom is 0.118 e. The summed E-state index contributed by atoms with van der Waals surface area (Å²) < 4.78 is 5.14. The highest BCUT2D eigenvalue weighted by Gasteiger charge is 2.22. The first-order valence-corrected chi connectivity index (χ1v) is 6.84. The molecule has 2 N–H and O–H groups in total. The lowest BCUT2D eigenvalue weighted by atomic mass is 10.0. The van der Waals surface area contributed by atoms with Gasteiger partial charge in [-0.25, -0.2) is 4.98 Å². The predicted octanol–water partition coefficient (Wildman–Crippen LogP) is 3.40. The number of nitrogens with zero attached hydrogens (tertiary/aromatic N) is 1. The Morgan fingerprint density at radius 2 is 2.00 bits per heavy atom. The predicted molar refractivity (Wildman–Crippen MR) is 75.9 cm³/mol. The molecule has 1 heterocycles. The first-order valence-electron chi connectivity index (χ1n) is 5.96. The molecule has 1 unspecified atom stereocenters. The minimum atomic E-state index is -0.338. The van der Waals surface area contributed by atoms with E-state index in [1.807, 2.05) is 31.2 Å². The summed E-state index contributed by atoms with van der Waals surface area (Å²) in [5.41, 5.74) is 7.93. The lowest BCUT2D eigenvalue weighted by Gasteiger charge is -2.18. The first-order chi connectivity index (χ1) is 8.56. The number of methoxy groups -OCH3 is 1. The quantitative estimate of drug-likeness (QED) is 0.918. The van der Waals surface area contributed by atoms with Crippen LogP contribution >= 0.6 is 11.3 Å². The monoisotopic (exact) mass is 262 g/mol. The molecule has 0 saturated carbocycles. The van der Waals surface area contributed by atoms with Crippen molar-refractivity contribution in [1.29, 1.82) is 0 Å². The normalized spacial score (nSPS) is 14.2. The van der Waals surface area contributed by atoms with Gasteiger partial charge in [-0.3, -0.25) is 0 Å². The third-order valence-electron chi connectivity index (χ3n) is 3.11. The molecule has 3 nitrogen and oxygen atoms in total. The van der Waals surface area contributed by atoms with Crippen molar-refractivity contribution in [2.24, 2.45) is 5.73 Å². The van der Waals surface area contributed by atoms with Crippen LogP contribution in [-0.2, 0) is 5.54 Å². The summed E-state index contributed by atoms with van der Waals surface area (Å²) >= 11 is 1.62. The van der Waals surface area contributed by atoms with Gasteiger partial charge in [0.2, 0.25) is 0 Å². The van der Waals surface area contributed by atoms with Gasteiger partial charge in [0.1, 0.15) is 10.8 Å². The maximum atomic E-state index is 6.20. The van der Waals surface area contributed by atoms with Crippen LogP contribution in [0.25, 0.3) is 11.3 Å². The lowest BCUT2D eigenvalue weighted by Crippen LogP contribution is -2.31. The summed E-state index contributed by atoms with van der Waals surface area (Å²) in [5, 5.41) is 3.04. The maximum absolute atomic E-state index is 6.20. The van der Waals surface area contributed by atoms with Crippen LogP contribution in [0.5, 0.6) is 5.75 Å². The molecular weight excluding hydrogens is 244 g/mol. The van der Waals surface area contributed by atoms with E-state index in [9.17, 15) is 0 Å². The molecular formula is C14H18N2OS. The van der Waals surface area contributed by atoms with Crippen molar-refractivity contribution in [3.8, 4) is 17.0 Å². The fourth-order valence-electron chi connectivity index (χ4n) is 1.58. The summed E-state index contributed by atoms with van der Waals surface area (Å²) in [6.45, 7) is 4.10. The van der Waals surface area contributed by atoms with Crippen LogP contribution in [0.4, 0.5) is 0 Å². The summed E-state index contributed by atoms with van der Waals surface area (Å²) in [5.74, 6) is 0.853. The summed E-state index contributed by atoms with van der Waals surface area (Å²) in [4.78, 5) is 4.63. The van der Waals surface area contributed by atoms with Crippen LogP contribution in [0.3, 0.4) is 0 Å². The van der Waals surface area contributed by atoms with Gasteiger partial charge in [0, 0.05) is 10.9 Å². The average molecular weight is 262 g/mol. The van der Waals surface area contributed by atoms with Gasteiger partial charge in [0.25, 0.3) is 0 Å². The van der Waals surface area contributed by atoms with Gasteiger partial charge < -0.3 is 10.5 Å². The first kappa shape index (κ1) is 13.1. The second kappa shape index (κ2) is 5.08. The van der Waals surface area contributed by atoms with Crippen molar-refractivity contribution in [3.05, 3.63) is 34.7 Å². The van der Waals surface area contributed by atoms with Crippen molar-refractivity contribution in [2.75, 3.05) is 7.11 Å². The van der Waals surface area contributed by atoms with Gasteiger partial charge in [0.15, 0.2) is 0 Å². The van der Waals surface area contributed by atoms with Crippen molar-refractivity contribution in [2.45, 2.75) is 25.8 Å². The highest BCUT2D eigenvalue weighted by Crippen LogP contribution is 2.29. The fraction of sp³-hybridized carbons (Fsp3) is 0.357. The zero-order chi connectivity index (χ0) is 13.2. The van der Waals surface area contributed by atoms with E-state index in [0.29, 0.717) is 0 Å². The van der Waals surface area contributed by atoms with E-state index in [2.05, 4.69) is 17.3 Å². The summed E-state index contributed by atoms with van der Waals surface area (Å²) in [6.07, 6.45) is 0.878. The van der Waals surface area contributed by atoms with E-state index in [1.165, 1.54) is 0 Å². The van der Waals surface area contributed by atoms with Crippen molar-refractivity contribution in [1.82, 2.24) is 4.98 Å². The standard InChI is InChI=1S/C14H18N2OS/c1-4-14(2,15)13-16-12(9-18-13)10-5-7-11(17-3)8-6-10/h5-9H,4,15H2,1-3H3. The Labute approximate surface area is 112 Å². The Bertz CT molecular complexity index is 517. The topological polar surface area (TPSA) is 48.1 Å². The average Bonchev–Trinajstić information content (AvgIpc) is 2.89. The second-order valence-corrected chi connectivity index (χ2v) is 5.40. The molecule has 0 saturated heterocycles. The Hall–Kier alpha value is -1.39. The lowest BCUT2D eigenvalue weighted by molar-refractivity contribution is 0.415. The van der Waals surface area contributed by atoms with E-state index >= 15 is 0 Å². The van der Waals surface area contributed by atoms with Gasteiger partial charge >= 0.3 is 0 Å².